The lowest BCUT2D eigenvalue weighted by molar-refractivity contribution is 0.259. The molecular weight excluding hydrogens is 387 g/mol. The molecule has 3 aliphatic rings. The lowest BCUT2D eigenvalue weighted by Gasteiger charge is -2.30. The van der Waals surface area contributed by atoms with Crippen LogP contribution in [0.15, 0.2) is 48.5 Å². The van der Waals surface area contributed by atoms with Gasteiger partial charge in [0.1, 0.15) is 5.82 Å². The smallest absolute Gasteiger partial charge is 0.217 e. The Morgan fingerprint density at radius 3 is 2.55 bits per heavy atom. The second-order valence-electron chi connectivity index (χ2n) is 8.86. The summed E-state index contributed by atoms with van der Waals surface area (Å²) in [5.74, 6) is 0.390. The topological polar surface area (TPSA) is 40.6 Å². The van der Waals surface area contributed by atoms with Crippen molar-refractivity contribution in [3.63, 3.8) is 0 Å². The first-order valence-electron chi connectivity index (χ1n) is 10.5. The highest BCUT2D eigenvalue weighted by atomic mass is 32.2. The van der Waals surface area contributed by atoms with Gasteiger partial charge in [0.2, 0.25) is 10.0 Å². The van der Waals surface area contributed by atoms with Gasteiger partial charge in [-0.05, 0) is 60.4 Å². The molecule has 2 heterocycles. The van der Waals surface area contributed by atoms with Gasteiger partial charge >= 0.3 is 0 Å². The molecule has 0 radical (unpaired) electrons. The van der Waals surface area contributed by atoms with Crippen LogP contribution in [0.1, 0.15) is 35.6 Å². The number of rotatable bonds is 5. The summed E-state index contributed by atoms with van der Waals surface area (Å²) in [5, 5.41) is -0.184. The van der Waals surface area contributed by atoms with E-state index in [1.807, 2.05) is 22.5 Å². The molecule has 6 heteroatoms. The minimum Gasteiger partial charge on any atom is -0.298 e. The molecule has 3 atom stereocenters. The first kappa shape index (κ1) is 19.2. The van der Waals surface area contributed by atoms with Gasteiger partial charge in [0, 0.05) is 26.2 Å². The Labute approximate surface area is 172 Å². The Hall–Kier alpha value is -1.76. The van der Waals surface area contributed by atoms with E-state index in [-0.39, 0.29) is 23.0 Å². The number of benzene rings is 2. The van der Waals surface area contributed by atoms with Crippen LogP contribution in [-0.4, -0.2) is 42.5 Å². The van der Waals surface area contributed by atoms with Crippen LogP contribution in [0, 0.1) is 24.6 Å². The van der Waals surface area contributed by atoms with Gasteiger partial charge in [-0.2, -0.15) is 4.31 Å². The molecule has 0 unspecified atom stereocenters. The third-order valence-corrected chi connectivity index (χ3v) is 9.12. The third-order valence-electron chi connectivity index (χ3n) is 6.77. The summed E-state index contributed by atoms with van der Waals surface area (Å²) in [4.78, 5) is 2.36. The zero-order valence-electron chi connectivity index (χ0n) is 16.7. The van der Waals surface area contributed by atoms with Crippen LogP contribution in [0.3, 0.4) is 0 Å². The van der Waals surface area contributed by atoms with Gasteiger partial charge in [0.05, 0.1) is 11.3 Å². The fourth-order valence-electron chi connectivity index (χ4n) is 5.24. The van der Waals surface area contributed by atoms with Crippen molar-refractivity contribution in [2.24, 2.45) is 11.8 Å². The van der Waals surface area contributed by atoms with Crippen molar-refractivity contribution >= 4 is 10.0 Å². The summed E-state index contributed by atoms with van der Waals surface area (Å²) in [7, 11) is -3.24. The number of hydrogen-bond donors (Lipinski definition) is 0. The van der Waals surface area contributed by atoms with Gasteiger partial charge in [-0.3, -0.25) is 4.90 Å². The number of halogens is 1. The Kier molecular flexibility index (Phi) is 4.76. The Morgan fingerprint density at radius 1 is 1.03 bits per heavy atom. The molecule has 0 spiro atoms. The maximum absolute atomic E-state index is 13.6. The molecule has 5 rings (SSSR count). The zero-order valence-corrected chi connectivity index (χ0v) is 17.5. The molecule has 1 saturated carbocycles. The van der Waals surface area contributed by atoms with Crippen molar-refractivity contribution in [2.45, 2.75) is 37.6 Å². The van der Waals surface area contributed by atoms with Crippen LogP contribution in [0.5, 0.6) is 0 Å². The molecule has 2 aliphatic heterocycles. The summed E-state index contributed by atoms with van der Waals surface area (Å²) < 4.78 is 41.8. The number of hydrogen-bond acceptors (Lipinski definition) is 3. The maximum atomic E-state index is 13.6. The predicted molar refractivity (Wildman–Crippen MR) is 111 cm³/mol. The molecular formula is C23H27FN2O2S. The number of sulfonamides is 1. The summed E-state index contributed by atoms with van der Waals surface area (Å²) in [6, 6.07) is 14.9. The van der Waals surface area contributed by atoms with Crippen LogP contribution in [0.4, 0.5) is 4.39 Å². The van der Waals surface area contributed by atoms with Crippen molar-refractivity contribution in [3.05, 3.63) is 71.0 Å². The highest BCUT2D eigenvalue weighted by Gasteiger charge is 2.54. The van der Waals surface area contributed by atoms with Crippen LogP contribution in [0.25, 0.3) is 0 Å². The van der Waals surface area contributed by atoms with Gasteiger partial charge in [-0.1, -0.05) is 36.4 Å². The Balaban J connectivity index is 1.43. The molecule has 2 saturated heterocycles. The highest BCUT2D eigenvalue weighted by Crippen LogP contribution is 2.49. The molecule has 2 aromatic carbocycles. The van der Waals surface area contributed by atoms with Gasteiger partial charge < -0.3 is 0 Å². The van der Waals surface area contributed by atoms with E-state index >= 15 is 0 Å². The minimum absolute atomic E-state index is 0.0932. The molecule has 2 aromatic rings. The molecule has 0 N–H and O–H groups in total. The second kappa shape index (κ2) is 7.18. The van der Waals surface area contributed by atoms with E-state index in [0.29, 0.717) is 19.0 Å². The van der Waals surface area contributed by atoms with Crippen molar-refractivity contribution in [1.29, 1.82) is 0 Å². The van der Waals surface area contributed by atoms with Gasteiger partial charge in [-0.15, -0.1) is 0 Å². The molecule has 0 amide bonds. The molecule has 0 aromatic heterocycles. The van der Waals surface area contributed by atoms with Gasteiger partial charge in [0.25, 0.3) is 0 Å². The Morgan fingerprint density at radius 2 is 1.83 bits per heavy atom. The normalized spacial score (nSPS) is 28.0. The van der Waals surface area contributed by atoms with Crippen molar-refractivity contribution in [3.8, 4) is 0 Å². The van der Waals surface area contributed by atoms with E-state index in [1.54, 1.807) is 12.1 Å². The SMILES string of the molecule is Cc1ccccc1[C@@H]1[C@H]2CN(Cc3cccc(F)c3)C[C@H]2CN1S(=O)(=O)C1CC1. The molecule has 154 valence electrons. The Bertz CT molecular complexity index is 1020. The van der Waals surface area contributed by atoms with Crippen LogP contribution < -0.4 is 0 Å². The predicted octanol–water partition coefficient (Wildman–Crippen LogP) is 3.73. The average Bonchev–Trinajstić information content (AvgIpc) is 3.39. The van der Waals surface area contributed by atoms with E-state index in [9.17, 15) is 12.8 Å². The van der Waals surface area contributed by atoms with Crippen molar-refractivity contribution in [1.82, 2.24) is 9.21 Å². The molecule has 3 fully saturated rings. The first-order valence-corrected chi connectivity index (χ1v) is 12.0. The fraction of sp³-hybridized carbons (Fsp3) is 0.478. The molecule has 1 aliphatic carbocycles. The van der Waals surface area contributed by atoms with Crippen LogP contribution >= 0.6 is 0 Å². The lowest BCUT2D eigenvalue weighted by atomic mass is 9.88. The van der Waals surface area contributed by atoms with Gasteiger partial charge in [0.15, 0.2) is 0 Å². The average molecular weight is 415 g/mol. The number of fused-ring (bicyclic) bond motifs is 1. The molecule has 0 bridgehead atoms. The zero-order chi connectivity index (χ0) is 20.2. The molecule has 4 nitrogen and oxygen atoms in total. The monoisotopic (exact) mass is 414 g/mol. The minimum atomic E-state index is -3.24. The number of aryl methyl sites for hydroxylation is 1. The maximum Gasteiger partial charge on any atom is 0.217 e. The van der Waals surface area contributed by atoms with Crippen LogP contribution in [-0.2, 0) is 16.6 Å². The summed E-state index contributed by atoms with van der Waals surface area (Å²) in [5.41, 5.74) is 3.26. The van der Waals surface area contributed by atoms with E-state index in [4.69, 9.17) is 0 Å². The quantitative estimate of drug-likeness (QED) is 0.749. The molecule has 29 heavy (non-hydrogen) atoms. The second-order valence-corrected chi connectivity index (χ2v) is 11.0. The van der Waals surface area contributed by atoms with E-state index in [1.165, 1.54) is 6.07 Å². The lowest BCUT2D eigenvalue weighted by Crippen LogP contribution is -2.37. The van der Waals surface area contributed by atoms with E-state index < -0.39 is 10.0 Å². The summed E-state index contributed by atoms with van der Waals surface area (Å²) >= 11 is 0. The largest absolute Gasteiger partial charge is 0.298 e. The highest BCUT2D eigenvalue weighted by molar-refractivity contribution is 7.90. The fourth-order valence-corrected chi connectivity index (χ4v) is 7.34. The van der Waals surface area contributed by atoms with E-state index in [2.05, 4.69) is 24.0 Å². The number of likely N-dealkylation sites (tertiary alicyclic amines) is 1. The standard InChI is InChI=1S/C23H27FN2O2S/c1-16-5-2-3-8-21(16)23-22-15-25(12-17-6-4-7-19(24)11-17)13-18(22)14-26(23)29(27,28)20-9-10-20/h2-8,11,18,20,22-23H,9-10,12-15H2,1H3/t18-,22-,23+/m0/s1. The van der Waals surface area contributed by atoms with Crippen LogP contribution in [0.2, 0.25) is 0 Å². The first-order chi connectivity index (χ1) is 13.9. The summed E-state index contributed by atoms with van der Waals surface area (Å²) in [6.45, 7) is 5.09. The van der Waals surface area contributed by atoms with Crippen molar-refractivity contribution in [2.75, 3.05) is 19.6 Å². The van der Waals surface area contributed by atoms with Gasteiger partial charge in [-0.25, -0.2) is 12.8 Å². The number of nitrogens with zero attached hydrogens (tertiary/aromatic N) is 2. The summed E-state index contributed by atoms with van der Waals surface area (Å²) in [6.07, 6.45) is 1.58. The third kappa shape index (κ3) is 3.51. The van der Waals surface area contributed by atoms with Crippen molar-refractivity contribution < 1.29 is 12.8 Å². The van der Waals surface area contributed by atoms with E-state index in [0.717, 1.165) is 42.6 Å².